The summed E-state index contributed by atoms with van der Waals surface area (Å²) in [6.07, 6.45) is 0. The lowest BCUT2D eigenvalue weighted by molar-refractivity contribution is 0.138. The standard InChI is InChI=1S/C14H23ClN2O3S/c1-4-16-11-12-6-7-13(15)14(10-12)21(18,19)17(3)8-9-20-5-2/h6-7,10,16H,4-5,8-9,11H2,1-3H3. The molecule has 120 valence electrons. The number of hydrogen-bond donors (Lipinski definition) is 1. The fraction of sp³-hybridized carbons (Fsp3) is 0.571. The number of ether oxygens (including phenoxy) is 1. The zero-order valence-corrected chi connectivity index (χ0v) is 14.3. The van der Waals surface area contributed by atoms with Crippen LogP contribution in [0.5, 0.6) is 0 Å². The van der Waals surface area contributed by atoms with Crippen molar-refractivity contribution in [2.24, 2.45) is 0 Å². The number of nitrogens with one attached hydrogen (secondary N) is 1. The summed E-state index contributed by atoms with van der Waals surface area (Å²) in [5.41, 5.74) is 0.887. The van der Waals surface area contributed by atoms with E-state index in [-0.39, 0.29) is 9.92 Å². The molecule has 0 spiro atoms. The molecule has 0 aromatic heterocycles. The number of hydrogen-bond acceptors (Lipinski definition) is 4. The molecular formula is C14H23ClN2O3S. The van der Waals surface area contributed by atoms with Gasteiger partial charge in [-0.2, -0.15) is 4.31 Å². The molecule has 0 heterocycles. The highest BCUT2D eigenvalue weighted by molar-refractivity contribution is 7.89. The second-order valence-corrected chi connectivity index (χ2v) is 6.99. The lowest BCUT2D eigenvalue weighted by Gasteiger charge is -2.18. The average Bonchev–Trinajstić information content (AvgIpc) is 2.46. The summed E-state index contributed by atoms with van der Waals surface area (Å²) in [5.74, 6) is 0. The van der Waals surface area contributed by atoms with E-state index in [1.165, 1.54) is 11.4 Å². The molecule has 0 atom stereocenters. The summed E-state index contributed by atoms with van der Waals surface area (Å²) in [4.78, 5) is 0.138. The Morgan fingerprint density at radius 3 is 2.67 bits per heavy atom. The van der Waals surface area contributed by atoms with Gasteiger partial charge in [0.25, 0.3) is 0 Å². The van der Waals surface area contributed by atoms with E-state index in [1.54, 1.807) is 12.1 Å². The summed E-state index contributed by atoms with van der Waals surface area (Å²) in [7, 11) is -2.07. The molecule has 1 aromatic carbocycles. The Labute approximate surface area is 132 Å². The molecule has 0 radical (unpaired) electrons. The molecule has 0 unspecified atom stereocenters. The number of benzene rings is 1. The van der Waals surface area contributed by atoms with Gasteiger partial charge >= 0.3 is 0 Å². The Balaban J connectivity index is 2.95. The van der Waals surface area contributed by atoms with Crippen molar-refractivity contribution in [2.45, 2.75) is 25.3 Å². The van der Waals surface area contributed by atoms with E-state index in [0.717, 1.165) is 12.1 Å². The average molecular weight is 335 g/mol. The van der Waals surface area contributed by atoms with Crippen LogP contribution in [-0.4, -0.2) is 46.1 Å². The van der Waals surface area contributed by atoms with Gasteiger partial charge in [-0.1, -0.05) is 24.6 Å². The molecule has 5 nitrogen and oxygen atoms in total. The number of likely N-dealkylation sites (N-methyl/N-ethyl adjacent to an activating group) is 1. The Bertz CT molecular complexity index is 549. The molecule has 21 heavy (non-hydrogen) atoms. The molecule has 0 amide bonds. The van der Waals surface area contributed by atoms with E-state index in [4.69, 9.17) is 16.3 Å². The van der Waals surface area contributed by atoms with E-state index in [0.29, 0.717) is 26.3 Å². The summed E-state index contributed by atoms with van der Waals surface area (Å²) < 4.78 is 31.5. The molecule has 1 rings (SSSR count). The SMILES string of the molecule is CCNCc1ccc(Cl)c(S(=O)(=O)N(C)CCOCC)c1. The van der Waals surface area contributed by atoms with E-state index in [1.807, 2.05) is 19.9 Å². The minimum atomic E-state index is -3.60. The van der Waals surface area contributed by atoms with Crippen LogP contribution in [0.25, 0.3) is 0 Å². The molecule has 0 fully saturated rings. The van der Waals surface area contributed by atoms with Crippen molar-refractivity contribution in [1.82, 2.24) is 9.62 Å². The molecule has 0 aliphatic rings. The van der Waals surface area contributed by atoms with E-state index >= 15 is 0 Å². The van der Waals surface area contributed by atoms with Crippen molar-refractivity contribution in [1.29, 1.82) is 0 Å². The lowest BCUT2D eigenvalue weighted by atomic mass is 10.2. The van der Waals surface area contributed by atoms with Gasteiger partial charge in [0.15, 0.2) is 0 Å². The lowest BCUT2D eigenvalue weighted by Crippen LogP contribution is -2.30. The van der Waals surface area contributed by atoms with Crippen LogP contribution >= 0.6 is 11.6 Å². The highest BCUT2D eigenvalue weighted by atomic mass is 35.5. The van der Waals surface area contributed by atoms with Crippen molar-refractivity contribution in [2.75, 3.05) is 33.4 Å². The quantitative estimate of drug-likeness (QED) is 0.703. The van der Waals surface area contributed by atoms with E-state index < -0.39 is 10.0 Å². The monoisotopic (exact) mass is 334 g/mol. The zero-order chi connectivity index (χ0) is 15.9. The second-order valence-electron chi connectivity index (χ2n) is 4.57. The Kier molecular flexibility index (Phi) is 7.62. The first kappa shape index (κ1) is 18.4. The molecule has 0 bridgehead atoms. The van der Waals surface area contributed by atoms with Gasteiger partial charge in [-0.15, -0.1) is 0 Å². The number of sulfonamides is 1. The summed E-state index contributed by atoms with van der Waals surface area (Å²) in [6.45, 7) is 6.51. The van der Waals surface area contributed by atoms with Crippen LogP contribution in [0.1, 0.15) is 19.4 Å². The van der Waals surface area contributed by atoms with Gasteiger partial charge in [-0.3, -0.25) is 0 Å². The fourth-order valence-corrected chi connectivity index (χ4v) is 3.43. The first-order chi connectivity index (χ1) is 9.93. The largest absolute Gasteiger partial charge is 0.380 e. The third-order valence-electron chi connectivity index (χ3n) is 3.02. The van der Waals surface area contributed by atoms with Crippen LogP contribution in [0, 0.1) is 0 Å². The van der Waals surface area contributed by atoms with Gasteiger partial charge < -0.3 is 10.1 Å². The highest BCUT2D eigenvalue weighted by Gasteiger charge is 2.23. The minimum Gasteiger partial charge on any atom is -0.380 e. The Morgan fingerprint density at radius 1 is 1.33 bits per heavy atom. The maximum Gasteiger partial charge on any atom is 0.244 e. The van der Waals surface area contributed by atoms with Crippen molar-refractivity contribution in [3.8, 4) is 0 Å². The second kappa shape index (κ2) is 8.70. The highest BCUT2D eigenvalue weighted by Crippen LogP contribution is 2.25. The van der Waals surface area contributed by atoms with E-state index in [9.17, 15) is 8.42 Å². The van der Waals surface area contributed by atoms with Gasteiger partial charge in [-0.25, -0.2) is 8.42 Å². The van der Waals surface area contributed by atoms with Crippen LogP contribution in [0.4, 0.5) is 0 Å². The van der Waals surface area contributed by atoms with Crippen molar-refractivity contribution >= 4 is 21.6 Å². The van der Waals surface area contributed by atoms with Crippen LogP contribution in [-0.2, 0) is 21.3 Å². The first-order valence-corrected chi connectivity index (χ1v) is 8.78. The molecule has 0 saturated carbocycles. The normalized spacial score (nSPS) is 12.0. The summed E-state index contributed by atoms with van der Waals surface area (Å²) in [5, 5.41) is 3.40. The summed E-state index contributed by atoms with van der Waals surface area (Å²) >= 11 is 6.06. The van der Waals surface area contributed by atoms with Crippen molar-refractivity contribution < 1.29 is 13.2 Å². The molecule has 0 aliphatic carbocycles. The van der Waals surface area contributed by atoms with Crippen molar-refractivity contribution in [3.63, 3.8) is 0 Å². The van der Waals surface area contributed by atoms with Crippen LogP contribution < -0.4 is 5.32 Å². The van der Waals surface area contributed by atoms with Crippen LogP contribution in [0.15, 0.2) is 23.1 Å². The molecule has 7 heteroatoms. The van der Waals surface area contributed by atoms with Gasteiger partial charge in [0.2, 0.25) is 10.0 Å². The van der Waals surface area contributed by atoms with Crippen LogP contribution in [0.3, 0.4) is 0 Å². The third-order valence-corrected chi connectivity index (χ3v) is 5.36. The number of rotatable bonds is 9. The predicted molar refractivity (Wildman–Crippen MR) is 85.1 cm³/mol. The minimum absolute atomic E-state index is 0.138. The van der Waals surface area contributed by atoms with Gasteiger partial charge in [0.1, 0.15) is 4.90 Å². The topological polar surface area (TPSA) is 58.6 Å². The fourth-order valence-electron chi connectivity index (χ4n) is 1.75. The Hall–Kier alpha value is -0.660. The predicted octanol–water partition coefficient (Wildman–Crippen LogP) is 2.11. The number of nitrogens with zero attached hydrogens (tertiary/aromatic N) is 1. The van der Waals surface area contributed by atoms with Gasteiger partial charge in [0.05, 0.1) is 11.6 Å². The van der Waals surface area contributed by atoms with Gasteiger partial charge in [0, 0.05) is 26.7 Å². The summed E-state index contributed by atoms with van der Waals surface area (Å²) in [6, 6.07) is 5.07. The third kappa shape index (κ3) is 5.23. The number of halogens is 1. The molecule has 0 saturated heterocycles. The molecular weight excluding hydrogens is 312 g/mol. The van der Waals surface area contributed by atoms with Gasteiger partial charge in [-0.05, 0) is 31.2 Å². The van der Waals surface area contributed by atoms with Crippen LogP contribution in [0.2, 0.25) is 5.02 Å². The van der Waals surface area contributed by atoms with Crippen molar-refractivity contribution in [3.05, 3.63) is 28.8 Å². The maximum absolute atomic E-state index is 12.5. The molecule has 0 aliphatic heterocycles. The zero-order valence-electron chi connectivity index (χ0n) is 12.7. The smallest absolute Gasteiger partial charge is 0.244 e. The van der Waals surface area contributed by atoms with E-state index in [2.05, 4.69) is 5.32 Å². The first-order valence-electron chi connectivity index (χ1n) is 6.96. The molecule has 1 N–H and O–H groups in total. The molecule has 1 aromatic rings. The maximum atomic E-state index is 12.5. The Morgan fingerprint density at radius 2 is 2.05 bits per heavy atom.